The van der Waals surface area contributed by atoms with E-state index in [1.807, 2.05) is 25.1 Å². The number of aromatic nitrogens is 3. The van der Waals surface area contributed by atoms with Gasteiger partial charge in [0.15, 0.2) is 11.5 Å². The maximum atomic E-state index is 12.6. The highest BCUT2D eigenvalue weighted by Crippen LogP contribution is 2.30. The van der Waals surface area contributed by atoms with E-state index < -0.39 is 0 Å². The summed E-state index contributed by atoms with van der Waals surface area (Å²) < 4.78 is 11.6. The Kier molecular flexibility index (Phi) is 4.77. The number of para-hydroxylation sites is 1. The fourth-order valence-electron chi connectivity index (χ4n) is 3.26. The van der Waals surface area contributed by atoms with Gasteiger partial charge in [-0.25, -0.2) is 4.98 Å². The van der Waals surface area contributed by atoms with Crippen LogP contribution in [0, 0.1) is 6.92 Å². The van der Waals surface area contributed by atoms with E-state index in [-0.39, 0.29) is 5.56 Å². The van der Waals surface area contributed by atoms with Crippen molar-refractivity contribution >= 4 is 37.7 Å². The Morgan fingerprint density at radius 1 is 1.07 bits per heavy atom. The molecule has 0 saturated heterocycles. The number of benzene rings is 2. The van der Waals surface area contributed by atoms with Crippen molar-refractivity contribution < 1.29 is 9.47 Å². The van der Waals surface area contributed by atoms with E-state index in [0.29, 0.717) is 34.6 Å². The summed E-state index contributed by atoms with van der Waals surface area (Å²) in [7, 11) is 3.09. The maximum absolute atomic E-state index is 12.6. The second-order valence-electron chi connectivity index (χ2n) is 6.46. The van der Waals surface area contributed by atoms with E-state index in [2.05, 4.69) is 32.0 Å². The molecule has 0 fully saturated rings. The number of rotatable bonds is 4. The number of ether oxygens (including phenoxy) is 2. The molecule has 0 unspecified atom stereocenters. The number of fused-ring (bicyclic) bond motifs is 2. The second-order valence-corrected chi connectivity index (χ2v) is 7.31. The van der Waals surface area contributed by atoms with Crippen molar-refractivity contribution in [2.24, 2.45) is 0 Å². The minimum absolute atomic E-state index is 0.213. The lowest BCUT2D eigenvalue weighted by atomic mass is 10.1. The normalized spacial score (nSPS) is 11.1. The van der Waals surface area contributed by atoms with Crippen LogP contribution in [0.2, 0.25) is 0 Å². The monoisotopic (exact) mass is 439 g/mol. The van der Waals surface area contributed by atoms with Crippen LogP contribution in [0.5, 0.6) is 11.5 Å². The molecule has 7 heteroatoms. The standard InChI is InChI=1S/C21H18BrN3O3/c1-11-13(7-12-5-4-6-15(22)20(12)23-11)8-19-24-16-10-18(28-3)17(27-2)9-14(16)21(26)25-19/h4-7,9-10H,8H2,1-3H3,(H,24,25,26). The molecule has 2 aromatic heterocycles. The molecule has 28 heavy (non-hydrogen) atoms. The highest BCUT2D eigenvalue weighted by atomic mass is 79.9. The molecule has 0 atom stereocenters. The van der Waals surface area contributed by atoms with Crippen LogP contribution in [0.1, 0.15) is 17.1 Å². The number of aromatic amines is 1. The van der Waals surface area contributed by atoms with Gasteiger partial charge >= 0.3 is 0 Å². The van der Waals surface area contributed by atoms with E-state index in [0.717, 1.165) is 26.6 Å². The number of nitrogens with one attached hydrogen (secondary N) is 1. The van der Waals surface area contributed by atoms with Crippen LogP contribution in [-0.2, 0) is 6.42 Å². The lowest BCUT2D eigenvalue weighted by Gasteiger charge is -2.11. The zero-order chi connectivity index (χ0) is 19.8. The van der Waals surface area contributed by atoms with Crippen molar-refractivity contribution in [1.82, 2.24) is 15.0 Å². The average molecular weight is 440 g/mol. The van der Waals surface area contributed by atoms with Crippen LogP contribution in [0.25, 0.3) is 21.8 Å². The van der Waals surface area contributed by atoms with E-state index in [4.69, 9.17) is 14.5 Å². The first-order valence-electron chi connectivity index (χ1n) is 8.70. The third-order valence-corrected chi connectivity index (χ3v) is 5.35. The van der Waals surface area contributed by atoms with E-state index in [9.17, 15) is 4.79 Å². The van der Waals surface area contributed by atoms with Crippen molar-refractivity contribution in [3.63, 3.8) is 0 Å². The van der Waals surface area contributed by atoms with Crippen LogP contribution in [0.4, 0.5) is 0 Å². The lowest BCUT2D eigenvalue weighted by molar-refractivity contribution is 0.355. The number of halogens is 1. The second kappa shape index (κ2) is 7.24. The van der Waals surface area contributed by atoms with Crippen molar-refractivity contribution in [2.45, 2.75) is 13.3 Å². The molecule has 4 aromatic rings. The maximum Gasteiger partial charge on any atom is 0.258 e. The highest BCUT2D eigenvalue weighted by molar-refractivity contribution is 9.10. The summed E-state index contributed by atoms with van der Waals surface area (Å²) in [4.78, 5) is 24.8. The van der Waals surface area contributed by atoms with Gasteiger partial charge in [-0.1, -0.05) is 12.1 Å². The Morgan fingerprint density at radius 2 is 1.82 bits per heavy atom. The highest BCUT2D eigenvalue weighted by Gasteiger charge is 2.13. The van der Waals surface area contributed by atoms with Gasteiger partial charge in [-0.05, 0) is 46.6 Å². The molecule has 0 radical (unpaired) electrons. The third-order valence-electron chi connectivity index (χ3n) is 4.71. The molecule has 6 nitrogen and oxygen atoms in total. The summed E-state index contributed by atoms with van der Waals surface area (Å²) in [6, 6.07) is 11.4. The first kappa shape index (κ1) is 18.4. The van der Waals surface area contributed by atoms with Crippen molar-refractivity contribution in [2.75, 3.05) is 14.2 Å². The molecular formula is C21H18BrN3O3. The first-order valence-corrected chi connectivity index (χ1v) is 9.49. The Hall–Kier alpha value is -2.93. The Morgan fingerprint density at radius 3 is 2.57 bits per heavy atom. The summed E-state index contributed by atoms with van der Waals surface area (Å²) in [5, 5.41) is 1.49. The quantitative estimate of drug-likeness (QED) is 0.516. The summed E-state index contributed by atoms with van der Waals surface area (Å²) >= 11 is 3.54. The average Bonchev–Trinajstić information content (AvgIpc) is 2.68. The van der Waals surface area contributed by atoms with E-state index in [1.54, 1.807) is 19.2 Å². The van der Waals surface area contributed by atoms with Crippen LogP contribution in [-0.4, -0.2) is 29.2 Å². The van der Waals surface area contributed by atoms with Gasteiger partial charge in [0.1, 0.15) is 5.82 Å². The number of hydrogen-bond acceptors (Lipinski definition) is 5. The molecule has 142 valence electrons. The minimum Gasteiger partial charge on any atom is -0.493 e. The van der Waals surface area contributed by atoms with Gasteiger partial charge in [0.05, 0.1) is 30.6 Å². The molecule has 0 bridgehead atoms. The summed E-state index contributed by atoms with van der Waals surface area (Å²) in [5.41, 5.74) is 3.17. The first-order chi connectivity index (χ1) is 13.5. The summed E-state index contributed by atoms with van der Waals surface area (Å²) in [6.07, 6.45) is 0.473. The molecule has 0 spiro atoms. The van der Waals surface area contributed by atoms with Crippen molar-refractivity contribution in [1.29, 1.82) is 0 Å². The predicted molar refractivity (Wildman–Crippen MR) is 112 cm³/mol. The molecule has 2 heterocycles. The number of pyridine rings is 1. The van der Waals surface area contributed by atoms with E-state index in [1.165, 1.54) is 7.11 Å². The van der Waals surface area contributed by atoms with Gasteiger partial charge in [-0.15, -0.1) is 0 Å². The zero-order valence-corrected chi connectivity index (χ0v) is 17.3. The largest absolute Gasteiger partial charge is 0.493 e. The smallest absolute Gasteiger partial charge is 0.258 e. The Labute approximate surface area is 169 Å². The van der Waals surface area contributed by atoms with Crippen LogP contribution in [0.3, 0.4) is 0 Å². The fraction of sp³-hybridized carbons (Fsp3) is 0.190. The molecular weight excluding hydrogens is 422 g/mol. The molecule has 0 amide bonds. The molecule has 2 aromatic carbocycles. The van der Waals surface area contributed by atoms with Crippen LogP contribution < -0.4 is 15.0 Å². The topological polar surface area (TPSA) is 77.1 Å². The van der Waals surface area contributed by atoms with Gasteiger partial charge in [0, 0.05) is 28.0 Å². The summed E-state index contributed by atoms with van der Waals surface area (Å²) in [6.45, 7) is 1.96. The Bertz CT molecular complexity index is 1270. The van der Waals surface area contributed by atoms with Gasteiger partial charge < -0.3 is 14.5 Å². The number of aryl methyl sites for hydroxylation is 1. The third kappa shape index (κ3) is 3.22. The number of methoxy groups -OCH3 is 2. The van der Waals surface area contributed by atoms with E-state index >= 15 is 0 Å². The lowest BCUT2D eigenvalue weighted by Crippen LogP contribution is -2.13. The SMILES string of the molecule is COc1cc2nc(Cc3cc4cccc(Br)c4nc3C)[nH]c(=O)c2cc1OC. The molecule has 0 aliphatic rings. The van der Waals surface area contributed by atoms with Crippen LogP contribution >= 0.6 is 15.9 Å². The van der Waals surface area contributed by atoms with Gasteiger partial charge in [0.25, 0.3) is 5.56 Å². The summed E-state index contributed by atoms with van der Waals surface area (Å²) in [5.74, 6) is 1.60. The van der Waals surface area contributed by atoms with Crippen molar-refractivity contribution in [3.05, 3.63) is 68.3 Å². The minimum atomic E-state index is -0.213. The molecule has 4 rings (SSSR count). The number of hydrogen-bond donors (Lipinski definition) is 1. The zero-order valence-electron chi connectivity index (χ0n) is 15.7. The number of nitrogens with zero attached hydrogens (tertiary/aromatic N) is 2. The van der Waals surface area contributed by atoms with Gasteiger partial charge in [0.2, 0.25) is 0 Å². The van der Waals surface area contributed by atoms with Gasteiger partial charge in [-0.3, -0.25) is 9.78 Å². The molecule has 0 aliphatic heterocycles. The molecule has 0 saturated carbocycles. The predicted octanol–water partition coefficient (Wildman–Crippen LogP) is 4.15. The fourth-order valence-corrected chi connectivity index (χ4v) is 3.73. The Balaban J connectivity index is 1.81. The molecule has 1 N–H and O–H groups in total. The van der Waals surface area contributed by atoms with Crippen LogP contribution in [0.15, 0.2) is 45.7 Å². The van der Waals surface area contributed by atoms with Crippen molar-refractivity contribution in [3.8, 4) is 11.5 Å². The molecule has 0 aliphatic carbocycles. The number of H-pyrrole nitrogens is 1. The van der Waals surface area contributed by atoms with Gasteiger partial charge in [-0.2, -0.15) is 0 Å².